The standard InChI is InChI=1S/C17H23NO3/c1-3-21-16-9-7-14(8-10-16)17(20)18-11-5-4-6-15(18)12-13(2)19/h7-10,15H,3-6,11-12H2,1-2H3. The molecular weight excluding hydrogens is 266 g/mol. The highest BCUT2D eigenvalue weighted by Gasteiger charge is 2.28. The van der Waals surface area contributed by atoms with Crippen LogP contribution in [-0.2, 0) is 4.79 Å². The fourth-order valence-electron chi connectivity index (χ4n) is 2.84. The van der Waals surface area contributed by atoms with Gasteiger partial charge in [-0.15, -0.1) is 0 Å². The van der Waals surface area contributed by atoms with E-state index in [1.54, 1.807) is 19.1 Å². The van der Waals surface area contributed by atoms with Crippen LogP contribution in [0.4, 0.5) is 0 Å². The van der Waals surface area contributed by atoms with E-state index in [1.807, 2.05) is 24.0 Å². The molecule has 0 spiro atoms. The van der Waals surface area contributed by atoms with Crippen molar-refractivity contribution < 1.29 is 14.3 Å². The van der Waals surface area contributed by atoms with Crippen LogP contribution in [0.3, 0.4) is 0 Å². The van der Waals surface area contributed by atoms with Gasteiger partial charge < -0.3 is 9.64 Å². The summed E-state index contributed by atoms with van der Waals surface area (Å²) in [6.45, 7) is 4.87. The van der Waals surface area contributed by atoms with Crippen LogP contribution >= 0.6 is 0 Å². The third-order valence-corrected chi connectivity index (χ3v) is 3.82. The van der Waals surface area contributed by atoms with E-state index >= 15 is 0 Å². The van der Waals surface area contributed by atoms with Gasteiger partial charge in [-0.05, 0) is 57.4 Å². The molecule has 0 aliphatic carbocycles. The van der Waals surface area contributed by atoms with Crippen LogP contribution in [-0.4, -0.2) is 35.8 Å². The van der Waals surface area contributed by atoms with Crippen molar-refractivity contribution in [1.82, 2.24) is 4.90 Å². The number of carbonyl (C=O) groups excluding carboxylic acids is 2. The van der Waals surface area contributed by atoms with Gasteiger partial charge in [-0.2, -0.15) is 0 Å². The molecular formula is C17H23NO3. The van der Waals surface area contributed by atoms with E-state index in [2.05, 4.69) is 0 Å². The predicted molar refractivity (Wildman–Crippen MR) is 81.6 cm³/mol. The molecule has 1 aromatic carbocycles. The van der Waals surface area contributed by atoms with Crippen LogP contribution in [0.5, 0.6) is 5.75 Å². The fourth-order valence-corrected chi connectivity index (χ4v) is 2.84. The molecule has 2 rings (SSSR count). The molecule has 1 aromatic rings. The molecule has 0 aromatic heterocycles. The molecule has 1 heterocycles. The third kappa shape index (κ3) is 4.06. The highest BCUT2D eigenvalue weighted by atomic mass is 16.5. The summed E-state index contributed by atoms with van der Waals surface area (Å²) in [6.07, 6.45) is 3.48. The van der Waals surface area contributed by atoms with E-state index in [1.165, 1.54) is 0 Å². The topological polar surface area (TPSA) is 46.6 Å². The second kappa shape index (κ2) is 7.25. The average molecular weight is 289 g/mol. The third-order valence-electron chi connectivity index (χ3n) is 3.82. The summed E-state index contributed by atoms with van der Waals surface area (Å²) < 4.78 is 5.39. The van der Waals surface area contributed by atoms with E-state index in [0.717, 1.165) is 31.6 Å². The Hall–Kier alpha value is -1.84. The summed E-state index contributed by atoms with van der Waals surface area (Å²) in [5, 5.41) is 0. The second-order valence-electron chi connectivity index (χ2n) is 5.51. The number of Topliss-reactive ketones (excluding diaryl/α,β-unsaturated/α-hetero) is 1. The number of ether oxygens (including phenoxy) is 1. The lowest BCUT2D eigenvalue weighted by Gasteiger charge is -2.35. The number of rotatable bonds is 5. The summed E-state index contributed by atoms with van der Waals surface area (Å²) in [7, 11) is 0. The van der Waals surface area contributed by atoms with Crippen LogP contribution in [0.1, 0.15) is 49.9 Å². The Morgan fingerprint density at radius 3 is 2.57 bits per heavy atom. The van der Waals surface area contributed by atoms with Gasteiger partial charge in [0.05, 0.1) is 6.61 Å². The van der Waals surface area contributed by atoms with Crippen molar-refractivity contribution in [3.8, 4) is 5.75 Å². The van der Waals surface area contributed by atoms with Gasteiger partial charge in [0, 0.05) is 24.6 Å². The highest BCUT2D eigenvalue weighted by molar-refractivity contribution is 5.95. The first kappa shape index (κ1) is 15.5. The maximum Gasteiger partial charge on any atom is 0.254 e. The van der Waals surface area contributed by atoms with E-state index in [4.69, 9.17) is 4.74 Å². The van der Waals surface area contributed by atoms with Crippen LogP contribution in [0.15, 0.2) is 24.3 Å². The molecule has 1 atom stereocenters. The minimum Gasteiger partial charge on any atom is -0.494 e. The minimum absolute atomic E-state index is 0.0176. The largest absolute Gasteiger partial charge is 0.494 e. The van der Waals surface area contributed by atoms with E-state index in [9.17, 15) is 9.59 Å². The van der Waals surface area contributed by atoms with E-state index in [-0.39, 0.29) is 17.7 Å². The number of ketones is 1. The zero-order valence-corrected chi connectivity index (χ0v) is 12.8. The first-order chi connectivity index (χ1) is 10.1. The number of benzene rings is 1. The van der Waals surface area contributed by atoms with Gasteiger partial charge in [0.1, 0.15) is 11.5 Å². The van der Waals surface area contributed by atoms with Crippen molar-refractivity contribution in [2.24, 2.45) is 0 Å². The zero-order valence-electron chi connectivity index (χ0n) is 12.8. The van der Waals surface area contributed by atoms with Crippen molar-refractivity contribution in [1.29, 1.82) is 0 Å². The van der Waals surface area contributed by atoms with Gasteiger partial charge in [-0.1, -0.05) is 0 Å². The molecule has 1 aliphatic heterocycles. The molecule has 1 amide bonds. The lowest BCUT2D eigenvalue weighted by Crippen LogP contribution is -2.44. The number of likely N-dealkylation sites (tertiary alicyclic amines) is 1. The van der Waals surface area contributed by atoms with Crippen molar-refractivity contribution in [3.05, 3.63) is 29.8 Å². The summed E-state index contributed by atoms with van der Waals surface area (Å²) in [5.41, 5.74) is 0.661. The molecule has 0 N–H and O–H groups in total. The number of carbonyl (C=O) groups is 2. The Bertz CT molecular complexity index is 495. The molecule has 0 bridgehead atoms. The Morgan fingerprint density at radius 1 is 1.24 bits per heavy atom. The Kier molecular flexibility index (Phi) is 5.37. The average Bonchev–Trinajstić information content (AvgIpc) is 2.48. The van der Waals surface area contributed by atoms with E-state index in [0.29, 0.717) is 18.6 Å². The van der Waals surface area contributed by atoms with Gasteiger partial charge in [0.2, 0.25) is 0 Å². The summed E-state index contributed by atoms with van der Waals surface area (Å²) in [5.74, 6) is 0.934. The maximum absolute atomic E-state index is 12.6. The molecule has 1 aliphatic rings. The molecule has 1 saturated heterocycles. The SMILES string of the molecule is CCOc1ccc(C(=O)N2CCCCC2CC(C)=O)cc1. The van der Waals surface area contributed by atoms with E-state index < -0.39 is 0 Å². The first-order valence-electron chi connectivity index (χ1n) is 7.65. The zero-order chi connectivity index (χ0) is 15.2. The Labute approximate surface area is 126 Å². The Morgan fingerprint density at radius 2 is 1.95 bits per heavy atom. The smallest absolute Gasteiger partial charge is 0.254 e. The van der Waals surface area contributed by atoms with Gasteiger partial charge in [-0.3, -0.25) is 9.59 Å². The van der Waals surface area contributed by atoms with Gasteiger partial charge in [-0.25, -0.2) is 0 Å². The normalized spacial score (nSPS) is 18.4. The number of piperidine rings is 1. The summed E-state index contributed by atoms with van der Waals surface area (Å²) in [4.78, 5) is 25.9. The van der Waals surface area contributed by atoms with Crippen molar-refractivity contribution in [2.75, 3.05) is 13.2 Å². The molecule has 1 fully saturated rings. The van der Waals surface area contributed by atoms with Gasteiger partial charge >= 0.3 is 0 Å². The first-order valence-corrected chi connectivity index (χ1v) is 7.65. The van der Waals surface area contributed by atoms with Crippen LogP contribution in [0.2, 0.25) is 0 Å². The number of nitrogens with zero attached hydrogens (tertiary/aromatic N) is 1. The molecule has 0 radical (unpaired) electrons. The predicted octanol–water partition coefficient (Wildman–Crippen LogP) is 3.06. The second-order valence-corrected chi connectivity index (χ2v) is 5.51. The molecule has 1 unspecified atom stereocenters. The van der Waals surface area contributed by atoms with Crippen LogP contribution in [0, 0.1) is 0 Å². The van der Waals surface area contributed by atoms with Gasteiger partial charge in [0.25, 0.3) is 5.91 Å². The van der Waals surface area contributed by atoms with Crippen molar-refractivity contribution >= 4 is 11.7 Å². The fraction of sp³-hybridized carbons (Fsp3) is 0.529. The number of hydrogen-bond acceptors (Lipinski definition) is 3. The minimum atomic E-state index is 0.0176. The molecule has 114 valence electrons. The molecule has 21 heavy (non-hydrogen) atoms. The lowest BCUT2D eigenvalue weighted by molar-refractivity contribution is -0.118. The lowest BCUT2D eigenvalue weighted by atomic mass is 9.97. The molecule has 0 saturated carbocycles. The highest BCUT2D eigenvalue weighted by Crippen LogP contribution is 2.23. The van der Waals surface area contributed by atoms with Gasteiger partial charge in [0.15, 0.2) is 0 Å². The summed E-state index contributed by atoms with van der Waals surface area (Å²) >= 11 is 0. The molecule has 4 heteroatoms. The monoisotopic (exact) mass is 289 g/mol. The quantitative estimate of drug-likeness (QED) is 0.837. The van der Waals surface area contributed by atoms with Crippen LogP contribution < -0.4 is 4.74 Å². The number of hydrogen-bond donors (Lipinski definition) is 0. The van der Waals surface area contributed by atoms with Crippen molar-refractivity contribution in [2.45, 2.75) is 45.6 Å². The molecule has 4 nitrogen and oxygen atoms in total. The Balaban J connectivity index is 2.10. The number of amides is 1. The maximum atomic E-state index is 12.6. The van der Waals surface area contributed by atoms with Crippen molar-refractivity contribution in [3.63, 3.8) is 0 Å². The van der Waals surface area contributed by atoms with Crippen LogP contribution in [0.25, 0.3) is 0 Å². The summed E-state index contributed by atoms with van der Waals surface area (Å²) in [6, 6.07) is 7.29.